The third-order valence-electron chi connectivity index (χ3n) is 3.78. The SMILES string of the molecule is CCNC(=O)Nc1cc2cccc(COc3cccnc3C)c2cn1.Cl. The van der Waals surface area contributed by atoms with E-state index in [1.165, 1.54) is 0 Å². The van der Waals surface area contributed by atoms with E-state index < -0.39 is 0 Å². The van der Waals surface area contributed by atoms with Crippen molar-refractivity contribution >= 4 is 35.0 Å². The number of urea groups is 1. The molecule has 3 rings (SSSR count). The summed E-state index contributed by atoms with van der Waals surface area (Å²) in [6, 6.07) is 11.3. The quantitative estimate of drug-likeness (QED) is 0.707. The number of anilines is 1. The third kappa shape index (κ3) is 4.61. The average molecular weight is 373 g/mol. The summed E-state index contributed by atoms with van der Waals surface area (Å²) in [4.78, 5) is 20.2. The van der Waals surface area contributed by atoms with E-state index in [0.29, 0.717) is 19.0 Å². The zero-order valence-electron chi connectivity index (χ0n) is 14.7. The van der Waals surface area contributed by atoms with Crippen molar-refractivity contribution in [1.29, 1.82) is 0 Å². The molecule has 0 aliphatic carbocycles. The normalized spacial score (nSPS) is 10.1. The maximum absolute atomic E-state index is 11.6. The molecule has 0 saturated heterocycles. The number of amides is 2. The number of hydrogen-bond donors (Lipinski definition) is 2. The number of halogens is 1. The summed E-state index contributed by atoms with van der Waals surface area (Å²) in [5.74, 6) is 1.28. The smallest absolute Gasteiger partial charge is 0.320 e. The van der Waals surface area contributed by atoms with Crippen LogP contribution in [0.25, 0.3) is 10.8 Å². The highest BCUT2D eigenvalue weighted by molar-refractivity contribution is 5.92. The molecule has 0 fully saturated rings. The minimum Gasteiger partial charge on any atom is -0.487 e. The number of hydrogen-bond acceptors (Lipinski definition) is 4. The van der Waals surface area contributed by atoms with E-state index in [1.807, 2.05) is 50.2 Å². The van der Waals surface area contributed by atoms with Crippen LogP contribution in [-0.4, -0.2) is 22.5 Å². The Morgan fingerprint density at radius 2 is 2.04 bits per heavy atom. The van der Waals surface area contributed by atoms with Crippen molar-refractivity contribution in [3.63, 3.8) is 0 Å². The van der Waals surface area contributed by atoms with Gasteiger partial charge in [0.2, 0.25) is 0 Å². The summed E-state index contributed by atoms with van der Waals surface area (Å²) < 4.78 is 5.89. The molecule has 3 aromatic rings. The Hall–Kier alpha value is -2.86. The van der Waals surface area contributed by atoms with Crippen LogP contribution in [0.3, 0.4) is 0 Å². The van der Waals surface area contributed by atoms with Crippen molar-refractivity contribution in [1.82, 2.24) is 15.3 Å². The Balaban J connectivity index is 0.00000243. The topological polar surface area (TPSA) is 76.1 Å². The number of ether oxygens (including phenoxy) is 1. The fourth-order valence-electron chi connectivity index (χ4n) is 2.53. The van der Waals surface area contributed by atoms with E-state index >= 15 is 0 Å². The first-order valence-corrected chi connectivity index (χ1v) is 8.14. The van der Waals surface area contributed by atoms with Gasteiger partial charge in [-0.25, -0.2) is 9.78 Å². The summed E-state index contributed by atoms with van der Waals surface area (Å²) in [6.07, 6.45) is 3.50. The Morgan fingerprint density at radius 3 is 2.81 bits per heavy atom. The average Bonchev–Trinajstić information content (AvgIpc) is 2.61. The van der Waals surface area contributed by atoms with Crippen LogP contribution in [0.1, 0.15) is 18.2 Å². The van der Waals surface area contributed by atoms with Crippen molar-refractivity contribution < 1.29 is 9.53 Å². The van der Waals surface area contributed by atoms with Crippen LogP contribution < -0.4 is 15.4 Å². The van der Waals surface area contributed by atoms with Crippen LogP contribution in [0.2, 0.25) is 0 Å². The first kappa shape index (κ1) is 19.5. The van der Waals surface area contributed by atoms with Gasteiger partial charge in [0.25, 0.3) is 0 Å². The van der Waals surface area contributed by atoms with Gasteiger partial charge in [0.15, 0.2) is 0 Å². The Labute approximate surface area is 158 Å². The van der Waals surface area contributed by atoms with Gasteiger partial charge in [-0.05, 0) is 43.0 Å². The number of pyridine rings is 2. The number of benzene rings is 1. The first-order chi connectivity index (χ1) is 12.2. The summed E-state index contributed by atoms with van der Waals surface area (Å²) in [7, 11) is 0. The number of nitrogens with one attached hydrogen (secondary N) is 2. The second-order valence-corrected chi connectivity index (χ2v) is 5.57. The number of fused-ring (bicyclic) bond motifs is 1. The van der Waals surface area contributed by atoms with E-state index in [-0.39, 0.29) is 18.4 Å². The standard InChI is InChI=1S/C19H20N4O2.ClH/c1-3-20-19(24)23-18-10-14-6-4-7-15(16(14)11-22-18)12-25-17-8-5-9-21-13(17)2;/h4-11H,3,12H2,1-2H3,(H2,20,22,23,24);1H. The van der Waals surface area contributed by atoms with E-state index in [4.69, 9.17) is 4.74 Å². The van der Waals surface area contributed by atoms with Gasteiger partial charge in [-0.3, -0.25) is 10.3 Å². The Morgan fingerprint density at radius 1 is 1.19 bits per heavy atom. The maximum atomic E-state index is 11.6. The molecule has 2 N–H and O–H groups in total. The molecule has 2 heterocycles. The van der Waals surface area contributed by atoms with Gasteiger partial charge >= 0.3 is 6.03 Å². The lowest BCUT2D eigenvalue weighted by Gasteiger charge is -2.11. The van der Waals surface area contributed by atoms with Gasteiger partial charge in [0, 0.05) is 24.3 Å². The van der Waals surface area contributed by atoms with Gasteiger partial charge in [-0.1, -0.05) is 18.2 Å². The number of carbonyl (C=O) groups excluding carboxylic acids is 1. The van der Waals surface area contributed by atoms with Gasteiger partial charge in [0.1, 0.15) is 18.2 Å². The van der Waals surface area contributed by atoms with Gasteiger partial charge in [0.05, 0.1) is 5.69 Å². The molecule has 26 heavy (non-hydrogen) atoms. The summed E-state index contributed by atoms with van der Waals surface area (Å²) >= 11 is 0. The van der Waals surface area contributed by atoms with E-state index in [2.05, 4.69) is 20.6 Å². The van der Waals surface area contributed by atoms with E-state index in [0.717, 1.165) is 27.8 Å². The van der Waals surface area contributed by atoms with E-state index in [9.17, 15) is 4.79 Å². The molecule has 0 aliphatic heterocycles. The second-order valence-electron chi connectivity index (χ2n) is 5.57. The van der Waals surface area contributed by atoms with Crippen LogP contribution in [0, 0.1) is 6.92 Å². The molecule has 0 aliphatic rings. The van der Waals surface area contributed by atoms with Gasteiger partial charge in [-0.2, -0.15) is 0 Å². The third-order valence-corrected chi connectivity index (χ3v) is 3.78. The molecule has 7 heteroatoms. The zero-order valence-corrected chi connectivity index (χ0v) is 15.5. The lowest BCUT2D eigenvalue weighted by molar-refractivity contribution is 0.252. The predicted molar refractivity (Wildman–Crippen MR) is 105 cm³/mol. The van der Waals surface area contributed by atoms with Crippen molar-refractivity contribution in [2.75, 3.05) is 11.9 Å². The van der Waals surface area contributed by atoms with Crippen molar-refractivity contribution in [3.05, 3.63) is 60.0 Å². The molecular weight excluding hydrogens is 352 g/mol. The monoisotopic (exact) mass is 372 g/mol. The van der Waals surface area contributed by atoms with Crippen molar-refractivity contribution in [3.8, 4) is 5.75 Å². The van der Waals surface area contributed by atoms with Gasteiger partial charge < -0.3 is 10.1 Å². The largest absolute Gasteiger partial charge is 0.487 e. The zero-order chi connectivity index (χ0) is 17.6. The van der Waals surface area contributed by atoms with Crippen LogP contribution in [0.15, 0.2) is 48.8 Å². The summed E-state index contributed by atoms with van der Waals surface area (Å²) in [5.41, 5.74) is 1.88. The highest BCUT2D eigenvalue weighted by atomic mass is 35.5. The molecule has 136 valence electrons. The maximum Gasteiger partial charge on any atom is 0.320 e. The molecule has 6 nitrogen and oxygen atoms in total. The molecule has 2 amide bonds. The number of nitrogens with zero attached hydrogens (tertiary/aromatic N) is 2. The minimum absolute atomic E-state index is 0. The molecule has 2 aromatic heterocycles. The van der Waals surface area contributed by atoms with E-state index in [1.54, 1.807) is 12.4 Å². The Kier molecular flexibility index (Phi) is 6.74. The molecular formula is C19H21ClN4O2. The molecule has 0 bridgehead atoms. The molecule has 0 spiro atoms. The molecule has 0 radical (unpaired) electrons. The van der Waals surface area contributed by atoms with Crippen molar-refractivity contribution in [2.45, 2.75) is 20.5 Å². The number of rotatable bonds is 5. The highest BCUT2D eigenvalue weighted by Crippen LogP contribution is 2.23. The fraction of sp³-hybridized carbons (Fsp3) is 0.211. The first-order valence-electron chi connectivity index (χ1n) is 8.14. The lowest BCUT2D eigenvalue weighted by Crippen LogP contribution is -2.28. The number of aromatic nitrogens is 2. The highest BCUT2D eigenvalue weighted by Gasteiger charge is 2.07. The number of aryl methyl sites for hydroxylation is 1. The van der Waals surface area contributed by atoms with Crippen LogP contribution in [0.4, 0.5) is 10.6 Å². The van der Waals surface area contributed by atoms with Crippen LogP contribution in [0.5, 0.6) is 5.75 Å². The van der Waals surface area contributed by atoms with Crippen molar-refractivity contribution in [2.24, 2.45) is 0 Å². The Bertz CT molecular complexity index is 902. The lowest BCUT2D eigenvalue weighted by atomic mass is 10.1. The summed E-state index contributed by atoms with van der Waals surface area (Å²) in [5, 5.41) is 7.38. The predicted octanol–water partition coefficient (Wildman–Crippen LogP) is 4.08. The molecule has 0 atom stereocenters. The molecule has 0 unspecified atom stereocenters. The number of carbonyl (C=O) groups is 1. The fourth-order valence-corrected chi connectivity index (χ4v) is 2.53. The molecule has 1 aromatic carbocycles. The summed E-state index contributed by atoms with van der Waals surface area (Å²) in [6.45, 7) is 4.77. The van der Waals surface area contributed by atoms with Gasteiger partial charge in [-0.15, -0.1) is 12.4 Å². The minimum atomic E-state index is -0.263. The van der Waals surface area contributed by atoms with Crippen LogP contribution in [-0.2, 0) is 6.61 Å². The molecule has 0 saturated carbocycles. The van der Waals surface area contributed by atoms with Crippen LogP contribution >= 0.6 is 12.4 Å². The second kappa shape index (κ2) is 9.01.